The fourth-order valence-corrected chi connectivity index (χ4v) is 2.07. The average molecular weight is 266 g/mol. The largest absolute Gasteiger partial charge is 0.366 e. The highest BCUT2D eigenvalue weighted by atomic mass is 16.1. The SMILES string of the molecule is CN(c1ccc(C(N)=O)cc1)c1nc2ccccc2[nH]1. The lowest BCUT2D eigenvalue weighted by Crippen LogP contribution is -2.13. The van der Waals surface area contributed by atoms with Crippen molar-refractivity contribution in [2.24, 2.45) is 5.73 Å². The number of aromatic nitrogens is 2. The predicted molar refractivity (Wildman–Crippen MR) is 79.1 cm³/mol. The third kappa shape index (κ3) is 2.09. The number of amides is 1. The van der Waals surface area contributed by atoms with E-state index in [2.05, 4.69) is 9.97 Å². The van der Waals surface area contributed by atoms with Crippen LogP contribution < -0.4 is 10.6 Å². The van der Waals surface area contributed by atoms with Gasteiger partial charge in [-0.15, -0.1) is 0 Å². The highest BCUT2D eigenvalue weighted by Crippen LogP contribution is 2.23. The van der Waals surface area contributed by atoms with Crippen molar-refractivity contribution >= 4 is 28.6 Å². The van der Waals surface area contributed by atoms with Crippen LogP contribution in [0.5, 0.6) is 0 Å². The smallest absolute Gasteiger partial charge is 0.248 e. The molecule has 0 bridgehead atoms. The van der Waals surface area contributed by atoms with Crippen LogP contribution in [0.4, 0.5) is 11.6 Å². The number of anilines is 2. The van der Waals surface area contributed by atoms with Gasteiger partial charge in [0.25, 0.3) is 0 Å². The molecule has 2 aromatic carbocycles. The molecule has 3 N–H and O–H groups in total. The Labute approximate surface area is 116 Å². The van der Waals surface area contributed by atoms with Crippen LogP contribution in [0.25, 0.3) is 11.0 Å². The maximum absolute atomic E-state index is 11.1. The molecule has 0 saturated heterocycles. The summed E-state index contributed by atoms with van der Waals surface area (Å²) in [5, 5.41) is 0. The molecule has 0 aliphatic carbocycles. The summed E-state index contributed by atoms with van der Waals surface area (Å²) in [5.74, 6) is 0.320. The van der Waals surface area contributed by atoms with Crippen molar-refractivity contribution in [1.82, 2.24) is 9.97 Å². The summed E-state index contributed by atoms with van der Waals surface area (Å²) in [4.78, 5) is 20.8. The van der Waals surface area contributed by atoms with Crippen LogP contribution in [0.2, 0.25) is 0 Å². The van der Waals surface area contributed by atoms with Crippen LogP contribution in [-0.2, 0) is 0 Å². The number of fused-ring (bicyclic) bond motifs is 1. The fraction of sp³-hybridized carbons (Fsp3) is 0.0667. The number of nitrogens with zero attached hydrogens (tertiary/aromatic N) is 2. The van der Waals surface area contributed by atoms with Gasteiger partial charge in [-0.2, -0.15) is 0 Å². The topological polar surface area (TPSA) is 75.0 Å². The summed E-state index contributed by atoms with van der Waals surface area (Å²) >= 11 is 0. The standard InChI is InChI=1S/C15H14N4O/c1-19(11-8-6-10(7-9-11)14(16)20)15-17-12-4-2-3-5-13(12)18-15/h2-9H,1H3,(H2,16,20)(H,17,18). The van der Waals surface area contributed by atoms with Gasteiger partial charge in [-0.25, -0.2) is 4.98 Å². The van der Waals surface area contributed by atoms with E-state index in [1.165, 1.54) is 0 Å². The van der Waals surface area contributed by atoms with Gasteiger partial charge in [0, 0.05) is 18.3 Å². The lowest BCUT2D eigenvalue weighted by molar-refractivity contribution is 0.100. The summed E-state index contributed by atoms with van der Waals surface area (Å²) in [7, 11) is 1.91. The number of imidazole rings is 1. The van der Waals surface area contributed by atoms with Crippen molar-refractivity contribution in [2.45, 2.75) is 0 Å². The number of benzene rings is 2. The lowest BCUT2D eigenvalue weighted by atomic mass is 10.2. The number of aromatic amines is 1. The predicted octanol–water partition coefficient (Wildman–Crippen LogP) is 2.43. The first-order valence-electron chi connectivity index (χ1n) is 6.23. The maximum atomic E-state index is 11.1. The summed E-state index contributed by atoms with van der Waals surface area (Å²) < 4.78 is 0. The number of para-hydroxylation sites is 2. The second-order valence-electron chi connectivity index (χ2n) is 4.55. The van der Waals surface area contributed by atoms with Gasteiger partial charge in [-0.1, -0.05) is 12.1 Å². The van der Waals surface area contributed by atoms with Crippen LogP contribution in [0.1, 0.15) is 10.4 Å². The van der Waals surface area contributed by atoms with Crippen LogP contribution in [0.15, 0.2) is 48.5 Å². The molecular formula is C15H14N4O. The average Bonchev–Trinajstić information content (AvgIpc) is 2.90. The number of hydrogen-bond donors (Lipinski definition) is 2. The van der Waals surface area contributed by atoms with Crippen LogP contribution in [0, 0.1) is 0 Å². The van der Waals surface area contributed by atoms with Crippen molar-refractivity contribution in [3.63, 3.8) is 0 Å². The second kappa shape index (κ2) is 4.70. The lowest BCUT2D eigenvalue weighted by Gasteiger charge is -2.16. The number of nitrogens with one attached hydrogen (secondary N) is 1. The van der Waals surface area contributed by atoms with Gasteiger partial charge in [-0.05, 0) is 36.4 Å². The Balaban J connectivity index is 1.94. The molecule has 1 aromatic heterocycles. The summed E-state index contributed by atoms with van der Waals surface area (Å²) in [6, 6.07) is 14.9. The minimum Gasteiger partial charge on any atom is -0.366 e. The zero-order valence-electron chi connectivity index (χ0n) is 11.0. The maximum Gasteiger partial charge on any atom is 0.248 e. The molecule has 0 radical (unpaired) electrons. The van der Waals surface area contributed by atoms with Crippen LogP contribution in [0.3, 0.4) is 0 Å². The second-order valence-corrected chi connectivity index (χ2v) is 4.55. The van der Waals surface area contributed by atoms with Crippen LogP contribution >= 0.6 is 0 Å². The molecule has 0 fully saturated rings. The normalized spacial score (nSPS) is 10.7. The summed E-state index contributed by atoms with van der Waals surface area (Å²) in [6.07, 6.45) is 0. The monoisotopic (exact) mass is 266 g/mol. The zero-order chi connectivity index (χ0) is 14.1. The first kappa shape index (κ1) is 12.2. The minimum absolute atomic E-state index is 0.428. The summed E-state index contributed by atoms with van der Waals surface area (Å²) in [5.41, 5.74) is 8.56. The fourth-order valence-electron chi connectivity index (χ4n) is 2.07. The van der Waals surface area contributed by atoms with Crippen molar-refractivity contribution in [1.29, 1.82) is 0 Å². The Bertz CT molecular complexity index is 728. The molecule has 1 heterocycles. The molecule has 0 saturated carbocycles. The number of nitrogens with two attached hydrogens (primary N) is 1. The minimum atomic E-state index is -0.428. The molecule has 0 aliphatic heterocycles. The molecule has 0 spiro atoms. The quantitative estimate of drug-likeness (QED) is 0.764. The van der Waals surface area contributed by atoms with E-state index in [-0.39, 0.29) is 0 Å². The van der Waals surface area contributed by atoms with Gasteiger partial charge in [-0.3, -0.25) is 4.79 Å². The van der Waals surface area contributed by atoms with Crippen molar-refractivity contribution in [3.8, 4) is 0 Å². The number of hydrogen-bond acceptors (Lipinski definition) is 3. The molecule has 1 amide bonds. The molecule has 5 nitrogen and oxygen atoms in total. The van der Waals surface area contributed by atoms with Gasteiger partial charge >= 0.3 is 0 Å². The Hall–Kier alpha value is -2.82. The van der Waals surface area contributed by atoms with E-state index in [0.29, 0.717) is 5.56 Å². The van der Waals surface area contributed by atoms with Gasteiger partial charge in [0.05, 0.1) is 11.0 Å². The number of primary amides is 1. The van der Waals surface area contributed by atoms with Crippen molar-refractivity contribution < 1.29 is 4.79 Å². The molecule has 0 aliphatic rings. The third-order valence-electron chi connectivity index (χ3n) is 3.23. The van der Waals surface area contributed by atoms with E-state index in [1.807, 2.05) is 48.3 Å². The number of rotatable bonds is 3. The zero-order valence-corrected chi connectivity index (χ0v) is 11.0. The van der Waals surface area contributed by atoms with E-state index in [1.54, 1.807) is 12.1 Å². The number of carbonyl (C=O) groups is 1. The van der Waals surface area contributed by atoms with Gasteiger partial charge < -0.3 is 15.6 Å². The number of carbonyl (C=O) groups excluding carboxylic acids is 1. The van der Waals surface area contributed by atoms with E-state index < -0.39 is 5.91 Å². The first-order valence-corrected chi connectivity index (χ1v) is 6.23. The molecule has 3 rings (SSSR count). The molecule has 100 valence electrons. The van der Waals surface area contributed by atoms with E-state index >= 15 is 0 Å². The van der Waals surface area contributed by atoms with Crippen LogP contribution in [-0.4, -0.2) is 22.9 Å². The van der Waals surface area contributed by atoms with Crippen molar-refractivity contribution in [3.05, 3.63) is 54.1 Å². The molecule has 3 aromatic rings. The highest BCUT2D eigenvalue weighted by molar-refractivity contribution is 5.93. The molecule has 0 atom stereocenters. The Kier molecular flexibility index (Phi) is 2.87. The Morgan fingerprint density at radius 2 is 1.85 bits per heavy atom. The molecule has 20 heavy (non-hydrogen) atoms. The molecule has 0 unspecified atom stereocenters. The van der Waals surface area contributed by atoms with Gasteiger partial charge in [0.15, 0.2) is 0 Å². The van der Waals surface area contributed by atoms with E-state index in [4.69, 9.17) is 5.73 Å². The summed E-state index contributed by atoms with van der Waals surface area (Å²) in [6.45, 7) is 0. The van der Waals surface area contributed by atoms with Gasteiger partial charge in [0.2, 0.25) is 11.9 Å². The first-order chi connectivity index (χ1) is 9.65. The van der Waals surface area contributed by atoms with Gasteiger partial charge in [0.1, 0.15) is 0 Å². The van der Waals surface area contributed by atoms with E-state index in [0.717, 1.165) is 22.7 Å². The van der Waals surface area contributed by atoms with E-state index in [9.17, 15) is 4.79 Å². The number of H-pyrrole nitrogens is 1. The molecule has 5 heteroatoms. The Morgan fingerprint density at radius 3 is 2.50 bits per heavy atom. The molecular weight excluding hydrogens is 252 g/mol. The third-order valence-corrected chi connectivity index (χ3v) is 3.23. The highest BCUT2D eigenvalue weighted by Gasteiger charge is 2.09. The van der Waals surface area contributed by atoms with Crippen molar-refractivity contribution in [2.75, 3.05) is 11.9 Å². The Morgan fingerprint density at radius 1 is 1.15 bits per heavy atom.